The van der Waals surface area contributed by atoms with E-state index in [9.17, 15) is 0 Å². The summed E-state index contributed by atoms with van der Waals surface area (Å²) in [6.45, 7) is 0. The molecule has 0 saturated heterocycles. The van der Waals surface area contributed by atoms with Gasteiger partial charge in [0, 0.05) is 17.8 Å². The summed E-state index contributed by atoms with van der Waals surface area (Å²) in [5.74, 6) is 0.756. The molecule has 0 spiro atoms. The molecule has 0 bridgehead atoms. The van der Waals surface area contributed by atoms with Gasteiger partial charge in [-0.2, -0.15) is 0 Å². The number of methoxy groups -OCH3 is 1. The van der Waals surface area contributed by atoms with E-state index in [1.807, 2.05) is 49.8 Å². The van der Waals surface area contributed by atoms with Gasteiger partial charge < -0.3 is 10.1 Å². The molecule has 0 aliphatic rings. The molecule has 4 nitrogen and oxygen atoms in total. The number of ether oxygens (including phenoxy) is 1. The lowest BCUT2D eigenvalue weighted by molar-refractivity contribution is 0.411. The molecular weight excluding hydrogens is 262 g/mol. The molecule has 3 aromatic rings. The molecule has 2 heterocycles. The van der Waals surface area contributed by atoms with Crippen molar-refractivity contribution in [1.29, 1.82) is 0 Å². The summed E-state index contributed by atoms with van der Waals surface area (Å²) in [5.41, 5.74) is 3.23. The summed E-state index contributed by atoms with van der Waals surface area (Å²) >= 11 is 0. The largest absolute Gasteiger partial charge is 0.495 e. The van der Waals surface area contributed by atoms with Crippen LogP contribution in [0, 0.1) is 0 Å². The van der Waals surface area contributed by atoms with Gasteiger partial charge in [0.2, 0.25) is 0 Å². The summed E-state index contributed by atoms with van der Waals surface area (Å²) < 4.78 is 5.27. The van der Waals surface area contributed by atoms with Crippen LogP contribution in [-0.2, 0) is 0 Å². The van der Waals surface area contributed by atoms with Crippen LogP contribution < -0.4 is 10.1 Å². The zero-order chi connectivity index (χ0) is 14.7. The summed E-state index contributed by atoms with van der Waals surface area (Å²) in [4.78, 5) is 8.67. The molecule has 1 unspecified atom stereocenters. The first-order chi connectivity index (χ1) is 10.3. The number of nitrogens with zero attached hydrogens (tertiary/aromatic N) is 2. The average molecular weight is 279 g/mol. The molecular formula is C17H17N3O. The zero-order valence-corrected chi connectivity index (χ0v) is 12.1. The Hall–Kier alpha value is -2.46. The Morgan fingerprint density at radius 3 is 2.81 bits per heavy atom. The molecule has 4 heteroatoms. The number of hydrogen-bond acceptors (Lipinski definition) is 4. The Morgan fingerprint density at radius 1 is 1.14 bits per heavy atom. The number of hydrogen-bond donors (Lipinski definition) is 1. The van der Waals surface area contributed by atoms with E-state index in [2.05, 4.69) is 21.4 Å². The van der Waals surface area contributed by atoms with E-state index < -0.39 is 0 Å². The van der Waals surface area contributed by atoms with Crippen molar-refractivity contribution >= 4 is 10.9 Å². The second-order valence-electron chi connectivity index (χ2n) is 4.80. The highest BCUT2D eigenvalue weighted by Crippen LogP contribution is 2.28. The van der Waals surface area contributed by atoms with Crippen LogP contribution in [0.1, 0.15) is 17.2 Å². The molecule has 1 atom stereocenters. The van der Waals surface area contributed by atoms with Crippen molar-refractivity contribution in [1.82, 2.24) is 15.3 Å². The van der Waals surface area contributed by atoms with E-state index >= 15 is 0 Å². The summed E-state index contributed by atoms with van der Waals surface area (Å²) in [6.07, 6.45) is 5.41. The van der Waals surface area contributed by atoms with Crippen LogP contribution in [0.3, 0.4) is 0 Å². The highest BCUT2D eigenvalue weighted by molar-refractivity contribution is 5.82. The third kappa shape index (κ3) is 2.58. The fourth-order valence-corrected chi connectivity index (χ4v) is 2.58. The Morgan fingerprint density at radius 2 is 2.00 bits per heavy atom. The van der Waals surface area contributed by atoms with Gasteiger partial charge in [0.05, 0.1) is 24.9 Å². The lowest BCUT2D eigenvalue weighted by Crippen LogP contribution is -2.18. The summed E-state index contributed by atoms with van der Waals surface area (Å²) in [7, 11) is 3.59. The van der Waals surface area contributed by atoms with Gasteiger partial charge in [-0.3, -0.25) is 9.97 Å². The fraction of sp³-hybridized carbons (Fsp3) is 0.176. The van der Waals surface area contributed by atoms with E-state index in [0.717, 1.165) is 22.2 Å². The molecule has 1 N–H and O–H groups in total. The van der Waals surface area contributed by atoms with Crippen LogP contribution in [0.5, 0.6) is 5.75 Å². The standard InChI is InChI=1S/C17H17N3O/c1-18-17(12-9-13(21-2)11-19-10-12)15-7-8-20-16-6-4-3-5-14(15)16/h3-11,17-18H,1-2H3. The Balaban J connectivity index is 2.13. The van der Waals surface area contributed by atoms with Crippen LogP contribution in [0.15, 0.2) is 55.0 Å². The summed E-state index contributed by atoms with van der Waals surface area (Å²) in [5, 5.41) is 4.50. The van der Waals surface area contributed by atoms with Gasteiger partial charge in [-0.25, -0.2) is 0 Å². The zero-order valence-electron chi connectivity index (χ0n) is 12.1. The van der Waals surface area contributed by atoms with Gasteiger partial charge in [-0.05, 0) is 36.4 Å². The smallest absolute Gasteiger partial charge is 0.137 e. The third-order valence-corrected chi connectivity index (χ3v) is 3.59. The molecule has 2 aromatic heterocycles. The van der Waals surface area contributed by atoms with E-state index in [1.54, 1.807) is 13.3 Å². The number of pyridine rings is 2. The molecule has 1 aromatic carbocycles. The van der Waals surface area contributed by atoms with Crippen molar-refractivity contribution in [2.24, 2.45) is 0 Å². The molecule has 106 valence electrons. The van der Waals surface area contributed by atoms with Crippen LogP contribution in [-0.4, -0.2) is 24.1 Å². The minimum atomic E-state index is 0.0421. The first-order valence-electron chi connectivity index (χ1n) is 6.83. The highest BCUT2D eigenvalue weighted by Gasteiger charge is 2.16. The van der Waals surface area contributed by atoms with Crippen LogP contribution in [0.2, 0.25) is 0 Å². The second-order valence-corrected chi connectivity index (χ2v) is 4.80. The van der Waals surface area contributed by atoms with Crippen molar-refractivity contribution in [2.75, 3.05) is 14.2 Å². The molecule has 21 heavy (non-hydrogen) atoms. The van der Waals surface area contributed by atoms with E-state index in [4.69, 9.17) is 4.74 Å². The maximum absolute atomic E-state index is 5.27. The minimum Gasteiger partial charge on any atom is -0.495 e. The maximum Gasteiger partial charge on any atom is 0.137 e. The Kier molecular flexibility index (Phi) is 3.79. The molecule has 0 fully saturated rings. The van der Waals surface area contributed by atoms with Gasteiger partial charge in [0.1, 0.15) is 5.75 Å². The molecule has 0 aliphatic heterocycles. The molecule has 0 radical (unpaired) electrons. The van der Waals surface area contributed by atoms with E-state index in [0.29, 0.717) is 0 Å². The molecule has 3 rings (SSSR count). The fourth-order valence-electron chi connectivity index (χ4n) is 2.58. The number of fused-ring (bicyclic) bond motifs is 1. The van der Waals surface area contributed by atoms with Crippen molar-refractivity contribution in [3.05, 3.63) is 66.1 Å². The van der Waals surface area contributed by atoms with Crippen molar-refractivity contribution in [2.45, 2.75) is 6.04 Å². The van der Waals surface area contributed by atoms with Crippen molar-refractivity contribution < 1.29 is 4.74 Å². The van der Waals surface area contributed by atoms with Crippen LogP contribution in [0.25, 0.3) is 10.9 Å². The number of para-hydroxylation sites is 1. The number of benzene rings is 1. The Bertz CT molecular complexity index is 752. The van der Waals surface area contributed by atoms with Gasteiger partial charge in [-0.1, -0.05) is 18.2 Å². The first-order valence-corrected chi connectivity index (χ1v) is 6.83. The van der Waals surface area contributed by atoms with Gasteiger partial charge in [-0.15, -0.1) is 0 Å². The highest BCUT2D eigenvalue weighted by atomic mass is 16.5. The normalized spacial score (nSPS) is 12.3. The van der Waals surface area contributed by atoms with Crippen molar-refractivity contribution in [3.63, 3.8) is 0 Å². The van der Waals surface area contributed by atoms with Gasteiger partial charge >= 0.3 is 0 Å². The minimum absolute atomic E-state index is 0.0421. The molecule has 0 amide bonds. The lowest BCUT2D eigenvalue weighted by atomic mass is 9.97. The van der Waals surface area contributed by atoms with Gasteiger partial charge in [0.15, 0.2) is 0 Å². The average Bonchev–Trinajstić information content (AvgIpc) is 2.56. The van der Waals surface area contributed by atoms with Gasteiger partial charge in [0.25, 0.3) is 0 Å². The molecule has 0 aliphatic carbocycles. The molecule has 0 saturated carbocycles. The van der Waals surface area contributed by atoms with Crippen molar-refractivity contribution in [3.8, 4) is 5.75 Å². The predicted molar refractivity (Wildman–Crippen MR) is 83.4 cm³/mol. The predicted octanol–water partition coefficient (Wildman–Crippen LogP) is 2.95. The Labute approximate surface area is 123 Å². The van der Waals surface area contributed by atoms with Crippen LogP contribution >= 0.6 is 0 Å². The number of rotatable bonds is 4. The third-order valence-electron chi connectivity index (χ3n) is 3.59. The quantitative estimate of drug-likeness (QED) is 0.797. The maximum atomic E-state index is 5.27. The second kappa shape index (κ2) is 5.89. The first kappa shape index (κ1) is 13.5. The summed E-state index contributed by atoms with van der Waals surface area (Å²) in [6, 6.07) is 12.2. The van der Waals surface area contributed by atoms with E-state index in [-0.39, 0.29) is 6.04 Å². The topological polar surface area (TPSA) is 47.0 Å². The number of nitrogens with one attached hydrogen (secondary N) is 1. The monoisotopic (exact) mass is 279 g/mol. The van der Waals surface area contributed by atoms with E-state index in [1.165, 1.54) is 5.56 Å². The SMILES string of the molecule is CNC(c1cncc(OC)c1)c1ccnc2ccccc12. The number of aromatic nitrogens is 2. The van der Waals surface area contributed by atoms with Crippen LogP contribution in [0.4, 0.5) is 0 Å². The lowest BCUT2D eigenvalue weighted by Gasteiger charge is -2.19.